The van der Waals surface area contributed by atoms with Gasteiger partial charge in [-0.05, 0) is 12.1 Å². The lowest BCUT2D eigenvalue weighted by molar-refractivity contribution is -0.136. The minimum Gasteiger partial charge on any atom is -0.467 e. The molecule has 19 heavy (non-hydrogen) atoms. The molecule has 1 aromatic carbocycles. The number of methoxy groups -OCH3 is 1. The normalized spacial score (nSPS) is 11.8. The van der Waals surface area contributed by atoms with Crippen molar-refractivity contribution in [2.24, 2.45) is 0 Å². The van der Waals surface area contributed by atoms with E-state index in [9.17, 15) is 18.0 Å². The van der Waals surface area contributed by atoms with Crippen LogP contribution in [0.4, 0.5) is 13.2 Å². The Morgan fingerprint density at radius 1 is 1.26 bits per heavy atom. The average Bonchev–Trinajstić information content (AvgIpc) is 2.33. The topological polar surface area (TPSA) is 48.7 Å². The van der Waals surface area contributed by atoms with Gasteiger partial charge in [-0.15, -0.1) is 0 Å². The van der Waals surface area contributed by atoms with E-state index in [1.165, 1.54) is 25.3 Å². The molecule has 2 rings (SSSR count). The molecule has 0 saturated carbocycles. The van der Waals surface area contributed by atoms with Crippen LogP contribution < -0.4 is 10.4 Å². The van der Waals surface area contributed by atoms with Gasteiger partial charge < -0.3 is 13.9 Å². The summed E-state index contributed by atoms with van der Waals surface area (Å²) in [6.07, 6.45) is -4.62. The number of fused-ring (bicyclic) bond motifs is 1. The zero-order valence-electron chi connectivity index (χ0n) is 9.78. The Morgan fingerprint density at radius 3 is 2.63 bits per heavy atom. The Bertz CT molecular complexity index is 645. The van der Waals surface area contributed by atoms with Gasteiger partial charge in [0.15, 0.2) is 6.79 Å². The van der Waals surface area contributed by atoms with Gasteiger partial charge in [0, 0.05) is 24.6 Å². The maximum absolute atomic E-state index is 12.8. The summed E-state index contributed by atoms with van der Waals surface area (Å²) < 4.78 is 52.8. The van der Waals surface area contributed by atoms with Crippen molar-refractivity contribution in [3.63, 3.8) is 0 Å². The third kappa shape index (κ3) is 2.87. The summed E-state index contributed by atoms with van der Waals surface area (Å²) in [5.74, 6) is 0.247. The van der Waals surface area contributed by atoms with E-state index in [-0.39, 0.29) is 23.5 Å². The van der Waals surface area contributed by atoms with E-state index < -0.39 is 17.4 Å². The van der Waals surface area contributed by atoms with Gasteiger partial charge >= 0.3 is 11.8 Å². The first kappa shape index (κ1) is 13.4. The quantitative estimate of drug-likeness (QED) is 0.638. The lowest BCUT2D eigenvalue weighted by Crippen LogP contribution is -2.11. The summed E-state index contributed by atoms with van der Waals surface area (Å²) in [6.45, 7) is -0.0608. The predicted molar refractivity (Wildman–Crippen MR) is 60.0 cm³/mol. The maximum atomic E-state index is 12.8. The van der Waals surface area contributed by atoms with E-state index in [1.54, 1.807) is 0 Å². The van der Waals surface area contributed by atoms with Gasteiger partial charge in [-0.25, -0.2) is 4.79 Å². The van der Waals surface area contributed by atoms with Crippen LogP contribution in [-0.4, -0.2) is 13.9 Å². The van der Waals surface area contributed by atoms with E-state index in [0.717, 1.165) is 0 Å². The second-order valence-electron chi connectivity index (χ2n) is 3.69. The molecule has 0 bridgehead atoms. The number of halogens is 3. The first-order valence-electron chi connectivity index (χ1n) is 5.18. The highest BCUT2D eigenvalue weighted by molar-refractivity contribution is 5.82. The molecular weight excluding hydrogens is 265 g/mol. The third-order valence-electron chi connectivity index (χ3n) is 2.36. The molecule has 102 valence electrons. The Balaban J connectivity index is 2.58. The van der Waals surface area contributed by atoms with Gasteiger partial charge in [0.1, 0.15) is 11.3 Å². The van der Waals surface area contributed by atoms with Crippen molar-refractivity contribution in [3.8, 4) is 5.75 Å². The molecule has 2 aromatic rings. The van der Waals surface area contributed by atoms with Crippen LogP contribution in [0.15, 0.2) is 33.5 Å². The molecule has 0 N–H and O–H groups in total. The number of alkyl halides is 3. The number of rotatable bonds is 3. The summed E-state index contributed by atoms with van der Waals surface area (Å²) in [6, 6.07) is 4.17. The molecular formula is C12H9F3O4. The molecule has 0 aliphatic carbocycles. The summed E-state index contributed by atoms with van der Waals surface area (Å²) in [5, 5.41) is -0.197. The number of ether oxygens (including phenoxy) is 2. The minimum atomic E-state index is -4.62. The van der Waals surface area contributed by atoms with Crippen LogP contribution in [0, 0.1) is 0 Å². The molecule has 0 saturated heterocycles. The molecule has 4 nitrogen and oxygen atoms in total. The molecule has 7 heteroatoms. The van der Waals surface area contributed by atoms with Crippen molar-refractivity contribution in [3.05, 3.63) is 40.2 Å². The van der Waals surface area contributed by atoms with Crippen LogP contribution in [0.5, 0.6) is 5.75 Å². The molecule has 0 fully saturated rings. The smallest absolute Gasteiger partial charge is 0.417 e. The molecule has 0 spiro atoms. The van der Waals surface area contributed by atoms with Crippen LogP contribution >= 0.6 is 0 Å². The van der Waals surface area contributed by atoms with Gasteiger partial charge in [-0.2, -0.15) is 13.2 Å². The molecule has 0 atom stereocenters. The van der Waals surface area contributed by atoms with E-state index in [1.807, 2.05) is 0 Å². The van der Waals surface area contributed by atoms with E-state index >= 15 is 0 Å². The predicted octanol–water partition coefficient (Wildman–Crippen LogP) is 2.79. The molecule has 0 aliphatic rings. The molecule has 0 unspecified atom stereocenters. The van der Waals surface area contributed by atoms with Crippen LogP contribution in [0.3, 0.4) is 0 Å². The molecule has 0 aliphatic heterocycles. The van der Waals surface area contributed by atoms with Crippen molar-refractivity contribution >= 4 is 11.0 Å². The highest BCUT2D eigenvalue weighted by Crippen LogP contribution is 2.34. The first-order chi connectivity index (χ1) is 8.91. The van der Waals surface area contributed by atoms with Gasteiger partial charge in [-0.3, -0.25) is 0 Å². The zero-order chi connectivity index (χ0) is 14.0. The van der Waals surface area contributed by atoms with Crippen LogP contribution in [0.2, 0.25) is 0 Å². The molecule has 0 radical (unpaired) electrons. The Kier molecular flexibility index (Phi) is 3.48. The zero-order valence-corrected chi connectivity index (χ0v) is 9.78. The van der Waals surface area contributed by atoms with Crippen molar-refractivity contribution in [1.82, 2.24) is 0 Å². The summed E-state index contributed by atoms with van der Waals surface area (Å²) in [5.41, 5.74) is -2.28. The molecule has 0 amide bonds. The third-order valence-corrected chi connectivity index (χ3v) is 2.36. The van der Waals surface area contributed by atoms with Crippen LogP contribution in [-0.2, 0) is 10.9 Å². The first-order valence-corrected chi connectivity index (χ1v) is 5.18. The van der Waals surface area contributed by atoms with Gasteiger partial charge in [0.05, 0.1) is 5.56 Å². The molecule has 1 heterocycles. The second kappa shape index (κ2) is 4.93. The Hall–Kier alpha value is -2.02. The summed E-state index contributed by atoms with van der Waals surface area (Å²) in [4.78, 5) is 11.1. The van der Waals surface area contributed by atoms with Crippen molar-refractivity contribution in [2.45, 2.75) is 6.18 Å². The van der Waals surface area contributed by atoms with E-state index in [2.05, 4.69) is 4.74 Å². The fraction of sp³-hybridized carbons (Fsp3) is 0.250. The maximum Gasteiger partial charge on any atom is 0.417 e. The van der Waals surface area contributed by atoms with Crippen LogP contribution in [0.1, 0.15) is 5.56 Å². The Morgan fingerprint density at radius 2 is 2.00 bits per heavy atom. The monoisotopic (exact) mass is 274 g/mol. The SMILES string of the molecule is COCOc1ccc2c(C(F)(F)F)cc(=O)oc2c1. The lowest BCUT2D eigenvalue weighted by atomic mass is 10.1. The number of benzene rings is 1. The van der Waals surface area contributed by atoms with E-state index in [0.29, 0.717) is 6.07 Å². The summed E-state index contributed by atoms with van der Waals surface area (Å²) in [7, 11) is 1.41. The summed E-state index contributed by atoms with van der Waals surface area (Å²) >= 11 is 0. The minimum absolute atomic E-state index is 0.0608. The lowest BCUT2D eigenvalue weighted by Gasteiger charge is -2.10. The fourth-order valence-corrected chi connectivity index (χ4v) is 1.59. The highest BCUT2D eigenvalue weighted by atomic mass is 19.4. The fourth-order valence-electron chi connectivity index (χ4n) is 1.59. The standard InChI is InChI=1S/C12H9F3O4/c1-17-6-18-7-2-3-8-9(12(13,14)15)5-11(16)19-10(8)4-7/h2-5H,6H2,1H3. The largest absolute Gasteiger partial charge is 0.467 e. The second-order valence-corrected chi connectivity index (χ2v) is 3.69. The molecule has 1 aromatic heterocycles. The van der Waals surface area contributed by atoms with Gasteiger partial charge in [0.2, 0.25) is 0 Å². The van der Waals surface area contributed by atoms with Crippen molar-refractivity contribution in [2.75, 3.05) is 13.9 Å². The highest BCUT2D eigenvalue weighted by Gasteiger charge is 2.33. The van der Waals surface area contributed by atoms with Gasteiger partial charge in [-0.1, -0.05) is 0 Å². The number of hydrogen-bond acceptors (Lipinski definition) is 4. The van der Waals surface area contributed by atoms with Crippen LogP contribution in [0.25, 0.3) is 11.0 Å². The average molecular weight is 274 g/mol. The number of hydrogen-bond donors (Lipinski definition) is 0. The van der Waals surface area contributed by atoms with E-state index in [4.69, 9.17) is 9.15 Å². The van der Waals surface area contributed by atoms with Gasteiger partial charge in [0.25, 0.3) is 0 Å². The van der Waals surface area contributed by atoms with Crippen molar-refractivity contribution in [1.29, 1.82) is 0 Å². The van der Waals surface area contributed by atoms with Crippen molar-refractivity contribution < 1.29 is 27.1 Å². The Labute approximate surface area is 105 Å².